The molecule has 0 amide bonds. The van der Waals surface area contributed by atoms with Crippen molar-refractivity contribution in [2.75, 3.05) is 19.0 Å². The zero-order valence-electron chi connectivity index (χ0n) is 14.4. The van der Waals surface area contributed by atoms with Gasteiger partial charge in [0, 0.05) is 21.1 Å². The van der Waals surface area contributed by atoms with E-state index in [-0.39, 0.29) is 17.3 Å². The van der Waals surface area contributed by atoms with Crippen molar-refractivity contribution in [3.8, 4) is 22.9 Å². The normalized spacial score (nSPS) is 11.0. The first-order valence-corrected chi connectivity index (χ1v) is 7.75. The molecule has 0 N–H and O–H groups in total. The number of aryl methyl sites for hydroxylation is 1. The van der Waals surface area contributed by atoms with Crippen LogP contribution in [0.2, 0.25) is 0 Å². The van der Waals surface area contributed by atoms with Gasteiger partial charge in [0.25, 0.3) is 0 Å². The summed E-state index contributed by atoms with van der Waals surface area (Å²) in [5, 5.41) is 17.3. The summed E-state index contributed by atoms with van der Waals surface area (Å²) in [7, 11) is 5.00. The monoisotopic (exact) mass is 342 g/mol. The van der Waals surface area contributed by atoms with Gasteiger partial charge in [-0.05, 0) is 19.1 Å². The maximum Gasteiger partial charge on any atom is 0.361 e. The van der Waals surface area contributed by atoms with Gasteiger partial charge in [0.15, 0.2) is 0 Å². The molecule has 9 heteroatoms. The third-order valence-electron chi connectivity index (χ3n) is 3.99. The fraction of sp³-hybridized carbons (Fsp3) is 0.312. The van der Waals surface area contributed by atoms with Crippen molar-refractivity contribution in [1.29, 1.82) is 0 Å². The molecule has 0 saturated heterocycles. The van der Waals surface area contributed by atoms with E-state index in [1.807, 2.05) is 31.1 Å². The summed E-state index contributed by atoms with van der Waals surface area (Å²) >= 11 is 0. The van der Waals surface area contributed by atoms with Gasteiger partial charge in [0.2, 0.25) is 11.5 Å². The third-order valence-corrected chi connectivity index (χ3v) is 3.99. The lowest BCUT2D eigenvalue weighted by Gasteiger charge is -2.19. The average molecular weight is 342 g/mol. The van der Waals surface area contributed by atoms with Gasteiger partial charge in [-0.15, -0.1) is 0 Å². The summed E-state index contributed by atoms with van der Waals surface area (Å²) in [6.45, 7) is 2.15. The van der Waals surface area contributed by atoms with E-state index in [2.05, 4.69) is 10.1 Å². The molecule has 2 aliphatic rings. The van der Waals surface area contributed by atoms with Crippen LogP contribution >= 0.6 is 0 Å². The Kier molecular flexibility index (Phi) is 3.99. The Bertz CT molecular complexity index is 1040. The topological polar surface area (TPSA) is 100.0 Å². The summed E-state index contributed by atoms with van der Waals surface area (Å²) in [5.74, 6) is 0.0629. The number of para-hydroxylation sites is 1. The average Bonchev–Trinajstić information content (AvgIpc) is 2.60. The molecule has 2 heterocycles. The Hall–Kier alpha value is -3.23. The summed E-state index contributed by atoms with van der Waals surface area (Å²) in [5.41, 5.74) is -0.254. The number of hydrogen-bond acceptors (Lipinski definition) is 6. The van der Waals surface area contributed by atoms with E-state index in [1.54, 1.807) is 19.1 Å². The maximum absolute atomic E-state index is 12.9. The Balaban J connectivity index is 2.47. The highest BCUT2D eigenvalue weighted by Gasteiger charge is 2.29. The van der Waals surface area contributed by atoms with Gasteiger partial charge in [-0.25, -0.2) is 9.52 Å². The largest absolute Gasteiger partial charge is 0.710 e. The number of nitrogens with zero attached hydrogens (tertiary/aromatic N) is 6. The van der Waals surface area contributed by atoms with Crippen LogP contribution in [0.15, 0.2) is 33.9 Å². The van der Waals surface area contributed by atoms with Gasteiger partial charge in [-0.1, -0.05) is 12.1 Å². The first kappa shape index (κ1) is 16.6. The number of hydrogen-bond donors (Lipinski definition) is 0. The molecule has 130 valence electrons. The molecule has 3 rings (SSSR count). The Morgan fingerprint density at radius 1 is 1.24 bits per heavy atom. The number of fused-ring (bicyclic) bond motifs is 1. The summed E-state index contributed by atoms with van der Waals surface area (Å²) in [6.07, 6.45) is 0. The standard InChI is InChI=1S/C16H18N6O3/c1-5-21-14-12(15(23)20(4)16(24)17-14)22(25)13(18-21)10-8-6-7-9-11(10)19(2)3/h6-9H,5H2,1-4H3. The second-order valence-electron chi connectivity index (χ2n) is 5.78. The molecular weight excluding hydrogens is 324 g/mol. The van der Waals surface area contributed by atoms with Gasteiger partial charge < -0.3 is 10.1 Å². The molecule has 0 spiro atoms. The van der Waals surface area contributed by atoms with Gasteiger partial charge in [-0.2, -0.15) is 9.67 Å². The van der Waals surface area contributed by atoms with E-state index < -0.39 is 11.2 Å². The molecule has 0 atom stereocenters. The Morgan fingerprint density at radius 2 is 1.92 bits per heavy atom. The van der Waals surface area contributed by atoms with Crippen LogP contribution in [0.25, 0.3) is 22.9 Å². The molecule has 1 aromatic carbocycles. The fourth-order valence-electron chi connectivity index (χ4n) is 2.66. The SMILES string of the molecule is CCn1nc(-c2ccccc2N(C)C)[n+]([O-])c2c(=O)n(C)c(=O)nc1-2. The highest BCUT2D eigenvalue weighted by Crippen LogP contribution is 2.27. The first-order chi connectivity index (χ1) is 11.9. The van der Waals surface area contributed by atoms with E-state index in [0.717, 1.165) is 10.3 Å². The molecule has 0 radical (unpaired) electrons. The maximum atomic E-state index is 12.9. The molecule has 25 heavy (non-hydrogen) atoms. The van der Waals surface area contributed by atoms with E-state index in [4.69, 9.17) is 0 Å². The molecular formula is C16H18N6O3. The van der Waals surface area contributed by atoms with Crippen molar-refractivity contribution in [3.63, 3.8) is 0 Å². The lowest BCUT2D eigenvalue weighted by molar-refractivity contribution is -0.587. The molecule has 1 aromatic rings. The molecule has 0 aromatic heterocycles. The minimum Gasteiger partial charge on any atom is -0.710 e. The number of rotatable bonds is 3. The summed E-state index contributed by atoms with van der Waals surface area (Å²) in [6, 6.07) is 7.27. The van der Waals surface area contributed by atoms with E-state index in [9.17, 15) is 14.8 Å². The lowest BCUT2D eigenvalue weighted by Crippen LogP contribution is -2.47. The van der Waals surface area contributed by atoms with Crippen LogP contribution in [0.5, 0.6) is 0 Å². The van der Waals surface area contributed by atoms with Crippen molar-refractivity contribution >= 4 is 5.69 Å². The fourth-order valence-corrected chi connectivity index (χ4v) is 2.66. The minimum atomic E-state index is -0.719. The third kappa shape index (κ3) is 2.53. The van der Waals surface area contributed by atoms with Crippen LogP contribution < -0.4 is 20.9 Å². The van der Waals surface area contributed by atoms with Gasteiger partial charge in [0.05, 0.1) is 22.9 Å². The van der Waals surface area contributed by atoms with Gasteiger partial charge in [0.1, 0.15) is 0 Å². The first-order valence-electron chi connectivity index (χ1n) is 7.75. The predicted octanol–water partition coefficient (Wildman–Crippen LogP) is -0.172. The van der Waals surface area contributed by atoms with Crippen LogP contribution in [-0.4, -0.2) is 33.4 Å². The zero-order valence-corrected chi connectivity index (χ0v) is 14.4. The molecule has 0 bridgehead atoms. The van der Waals surface area contributed by atoms with Gasteiger partial charge in [-0.3, -0.25) is 9.36 Å². The highest BCUT2D eigenvalue weighted by molar-refractivity contribution is 5.73. The minimum absolute atomic E-state index is 0.0170. The molecule has 0 aliphatic carbocycles. The number of benzene rings is 1. The van der Waals surface area contributed by atoms with Crippen LogP contribution in [0.1, 0.15) is 6.92 Å². The van der Waals surface area contributed by atoms with Crippen molar-refractivity contribution in [2.45, 2.75) is 13.5 Å². The smallest absolute Gasteiger partial charge is 0.361 e. The molecule has 0 saturated carbocycles. The van der Waals surface area contributed by atoms with Crippen LogP contribution in [-0.2, 0) is 13.6 Å². The van der Waals surface area contributed by atoms with Crippen molar-refractivity contribution in [2.24, 2.45) is 7.05 Å². The second-order valence-corrected chi connectivity index (χ2v) is 5.78. The van der Waals surface area contributed by atoms with Crippen LogP contribution in [0.4, 0.5) is 5.69 Å². The summed E-state index contributed by atoms with van der Waals surface area (Å²) < 4.78 is 2.67. The quantitative estimate of drug-likeness (QED) is 0.484. The Labute approximate surface area is 143 Å². The van der Waals surface area contributed by atoms with Gasteiger partial charge >= 0.3 is 17.1 Å². The molecule has 2 aliphatic heterocycles. The van der Waals surface area contributed by atoms with E-state index in [1.165, 1.54) is 11.7 Å². The van der Waals surface area contributed by atoms with Crippen molar-refractivity contribution in [1.82, 2.24) is 19.3 Å². The predicted molar refractivity (Wildman–Crippen MR) is 92.6 cm³/mol. The van der Waals surface area contributed by atoms with Crippen molar-refractivity contribution < 1.29 is 4.73 Å². The molecule has 0 unspecified atom stereocenters. The second kappa shape index (κ2) is 6.00. The highest BCUT2D eigenvalue weighted by atomic mass is 16.5. The zero-order chi connectivity index (χ0) is 18.3. The molecule has 0 fully saturated rings. The summed E-state index contributed by atoms with van der Waals surface area (Å²) in [4.78, 5) is 30.0. The Morgan fingerprint density at radius 3 is 2.56 bits per heavy atom. The van der Waals surface area contributed by atoms with Crippen LogP contribution in [0, 0.1) is 5.21 Å². The number of anilines is 1. The van der Waals surface area contributed by atoms with Crippen LogP contribution in [0.3, 0.4) is 0 Å². The van der Waals surface area contributed by atoms with E-state index >= 15 is 0 Å². The van der Waals surface area contributed by atoms with E-state index in [0.29, 0.717) is 16.8 Å². The number of aromatic nitrogens is 5. The lowest BCUT2D eigenvalue weighted by atomic mass is 10.1. The molecule has 9 nitrogen and oxygen atoms in total. The van der Waals surface area contributed by atoms with Crippen molar-refractivity contribution in [3.05, 3.63) is 50.3 Å².